The molecule has 0 bridgehead atoms. The molecule has 1 atom stereocenters. The number of hydrogen-bond donors (Lipinski definition) is 0. The molecule has 2 aliphatic heterocycles. The van der Waals surface area contributed by atoms with E-state index in [1.54, 1.807) is 6.92 Å². The van der Waals surface area contributed by atoms with Crippen LogP contribution in [0.3, 0.4) is 0 Å². The van der Waals surface area contributed by atoms with Crippen LogP contribution in [-0.2, 0) is 14.3 Å². The van der Waals surface area contributed by atoms with E-state index in [2.05, 4.69) is 10.2 Å². The zero-order valence-electron chi connectivity index (χ0n) is 13.6. The number of aromatic nitrogens is 3. The standard InChI is InChI=1S/C17H20N4O3/c1-12-15(24-10-9-23-12)17(22)20-7-4-5-13(11-20)16-19-18-14-6-2-3-8-21(14)16/h2-3,6,8,13H,4-5,7,9-11H2,1H3. The summed E-state index contributed by atoms with van der Waals surface area (Å²) in [6, 6.07) is 5.84. The molecule has 24 heavy (non-hydrogen) atoms. The van der Waals surface area contributed by atoms with Crippen LogP contribution in [0, 0.1) is 0 Å². The highest BCUT2D eigenvalue weighted by Crippen LogP contribution is 2.28. The van der Waals surface area contributed by atoms with Crippen LogP contribution in [0.15, 0.2) is 35.9 Å². The van der Waals surface area contributed by atoms with Crippen LogP contribution in [0.2, 0.25) is 0 Å². The maximum absolute atomic E-state index is 12.8. The molecular weight excluding hydrogens is 308 g/mol. The third kappa shape index (κ3) is 2.60. The summed E-state index contributed by atoms with van der Waals surface area (Å²) in [5.74, 6) is 1.90. The van der Waals surface area contributed by atoms with E-state index in [0.29, 0.717) is 31.3 Å². The summed E-state index contributed by atoms with van der Waals surface area (Å²) in [7, 11) is 0. The molecule has 1 fully saturated rings. The summed E-state index contributed by atoms with van der Waals surface area (Å²) >= 11 is 0. The van der Waals surface area contributed by atoms with E-state index in [1.807, 2.05) is 33.7 Å². The Hall–Kier alpha value is -2.57. The molecule has 0 aliphatic carbocycles. The lowest BCUT2D eigenvalue weighted by molar-refractivity contribution is -0.134. The summed E-state index contributed by atoms with van der Waals surface area (Å²) in [5, 5.41) is 8.57. The Morgan fingerprint density at radius 2 is 2.12 bits per heavy atom. The Morgan fingerprint density at radius 3 is 3.00 bits per heavy atom. The molecule has 0 spiro atoms. The number of likely N-dealkylation sites (tertiary alicyclic amines) is 1. The highest BCUT2D eigenvalue weighted by Gasteiger charge is 2.31. The maximum Gasteiger partial charge on any atom is 0.292 e. The average molecular weight is 328 g/mol. The number of allylic oxidation sites excluding steroid dienone is 1. The molecule has 0 radical (unpaired) electrons. The Balaban J connectivity index is 1.57. The average Bonchev–Trinajstić information content (AvgIpc) is 3.06. The van der Waals surface area contributed by atoms with Crippen molar-refractivity contribution >= 4 is 11.6 Å². The van der Waals surface area contributed by atoms with Crippen LogP contribution >= 0.6 is 0 Å². The van der Waals surface area contributed by atoms with Crippen LogP contribution in [0.1, 0.15) is 31.5 Å². The van der Waals surface area contributed by atoms with Gasteiger partial charge >= 0.3 is 0 Å². The van der Waals surface area contributed by atoms with Crippen molar-refractivity contribution in [2.24, 2.45) is 0 Å². The molecule has 2 aliphatic rings. The van der Waals surface area contributed by atoms with E-state index in [-0.39, 0.29) is 11.8 Å². The number of pyridine rings is 1. The van der Waals surface area contributed by atoms with Crippen LogP contribution in [0.25, 0.3) is 5.65 Å². The Morgan fingerprint density at radius 1 is 1.25 bits per heavy atom. The first-order valence-electron chi connectivity index (χ1n) is 8.29. The third-order valence-electron chi connectivity index (χ3n) is 4.58. The van der Waals surface area contributed by atoms with Gasteiger partial charge in [-0.15, -0.1) is 10.2 Å². The third-order valence-corrected chi connectivity index (χ3v) is 4.58. The maximum atomic E-state index is 12.8. The number of nitrogens with zero attached hydrogens (tertiary/aromatic N) is 4. The lowest BCUT2D eigenvalue weighted by Gasteiger charge is -2.33. The van der Waals surface area contributed by atoms with Gasteiger partial charge < -0.3 is 14.4 Å². The highest BCUT2D eigenvalue weighted by atomic mass is 16.6. The predicted molar refractivity (Wildman–Crippen MR) is 86.1 cm³/mol. The minimum absolute atomic E-state index is 0.0919. The smallest absolute Gasteiger partial charge is 0.292 e. The summed E-state index contributed by atoms with van der Waals surface area (Å²) in [4.78, 5) is 14.6. The number of rotatable bonds is 2. The van der Waals surface area contributed by atoms with E-state index in [9.17, 15) is 4.79 Å². The molecule has 7 nitrogen and oxygen atoms in total. The molecule has 0 saturated carbocycles. The number of carbonyl (C=O) groups is 1. The topological polar surface area (TPSA) is 69.0 Å². The first kappa shape index (κ1) is 15.0. The molecule has 0 N–H and O–H groups in total. The van der Waals surface area contributed by atoms with Crippen molar-refractivity contribution in [2.45, 2.75) is 25.7 Å². The molecule has 4 rings (SSSR count). The second kappa shape index (κ2) is 6.14. The largest absolute Gasteiger partial charge is 0.491 e. The lowest BCUT2D eigenvalue weighted by Crippen LogP contribution is -2.41. The van der Waals surface area contributed by atoms with Gasteiger partial charge in [0.05, 0.1) is 0 Å². The van der Waals surface area contributed by atoms with Crippen molar-refractivity contribution in [3.05, 3.63) is 41.7 Å². The van der Waals surface area contributed by atoms with Crippen LogP contribution < -0.4 is 0 Å². The highest BCUT2D eigenvalue weighted by molar-refractivity contribution is 5.92. The fourth-order valence-electron chi connectivity index (χ4n) is 3.37. The van der Waals surface area contributed by atoms with Gasteiger partial charge in [0.2, 0.25) is 5.76 Å². The lowest BCUT2D eigenvalue weighted by atomic mass is 9.97. The zero-order valence-corrected chi connectivity index (χ0v) is 13.6. The molecule has 2 aromatic heterocycles. The van der Waals surface area contributed by atoms with Crippen molar-refractivity contribution in [1.82, 2.24) is 19.5 Å². The predicted octanol–water partition coefficient (Wildman–Crippen LogP) is 1.71. The molecule has 1 saturated heterocycles. The van der Waals surface area contributed by atoms with Gasteiger partial charge in [-0.05, 0) is 31.9 Å². The van der Waals surface area contributed by atoms with E-state index in [4.69, 9.17) is 9.47 Å². The quantitative estimate of drug-likeness (QED) is 0.839. The summed E-state index contributed by atoms with van der Waals surface area (Å²) in [6.07, 6.45) is 3.90. The van der Waals surface area contributed by atoms with Gasteiger partial charge in [0.1, 0.15) is 24.8 Å². The molecule has 1 amide bonds. The number of piperidine rings is 1. The van der Waals surface area contributed by atoms with Gasteiger partial charge in [0.15, 0.2) is 5.65 Å². The van der Waals surface area contributed by atoms with Crippen LogP contribution in [-0.4, -0.2) is 51.7 Å². The zero-order chi connectivity index (χ0) is 16.5. The molecule has 1 unspecified atom stereocenters. The normalized spacial score (nSPS) is 21.5. The van der Waals surface area contributed by atoms with Gasteiger partial charge in [0, 0.05) is 25.2 Å². The van der Waals surface area contributed by atoms with Crippen molar-refractivity contribution < 1.29 is 14.3 Å². The fourth-order valence-corrected chi connectivity index (χ4v) is 3.37. The molecule has 4 heterocycles. The first-order chi connectivity index (χ1) is 11.7. The van der Waals surface area contributed by atoms with E-state index >= 15 is 0 Å². The van der Waals surface area contributed by atoms with E-state index in [1.165, 1.54) is 0 Å². The van der Waals surface area contributed by atoms with Crippen molar-refractivity contribution in [3.63, 3.8) is 0 Å². The number of amides is 1. The second-order valence-electron chi connectivity index (χ2n) is 6.16. The summed E-state index contributed by atoms with van der Waals surface area (Å²) in [6.45, 7) is 4.04. The van der Waals surface area contributed by atoms with Crippen LogP contribution in [0.4, 0.5) is 0 Å². The molecule has 126 valence electrons. The number of hydrogen-bond acceptors (Lipinski definition) is 5. The monoisotopic (exact) mass is 328 g/mol. The number of fused-ring (bicyclic) bond motifs is 1. The Kier molecular flexibility index (Phi) is 3.84. The van der Waals surface area contributed by atoms with E-state index < -0.39 is 0 Å². The van der Waals surface area contributed by atoms with Crippen molar-refractivity contribution in [1.29, 1.82) is 0 Å². The van der Waals surface area contributed by atoms with Gasteiger partial charge in [-0.3, -0.25) is 9.20 Å². The minimum atomic E-state index is -0.0919. The SMILES string of the molecule is CC1=C(C(=O)N2CCCC(c3nnc4ccccn34)C2)OCCO1. The van der Waals surface area contributed by atoms with Crippen LogP contribution in [0.5, 0.6) is 0 Å². The van der Waals surface area contributed by atoms with E-state index in [0.717, 1.165) is 30.9 Å². The molecule has 2 aromatic rings. The molecule has 7 heteroatoms. The fraction of sp³-hybridized carbons (Fsp3) is 0.471. The Bertz CT molecular complexity index is 798. The summed E-state index contributed by atoms with van der Waals surface area (Å²) < 4.78 is 13.0. The van der Waals surface area contributed by atoms with Gasteiger partial charge in [-0.1, -0.05) is 6.07 Å². The number of ether oxygens (including phenoxy) is 2. The minimum Gasteiger partial charge on any atom is -0.491 e. The van der Waals surface area contributed by atoms with Gasteiger partial charge in [0.25, 0.3) is 5.91 Å². The second-order valence-corrected chi connectivity index (χ2v) is 6.16. The molecule has 0 aromatic carbocycles. The van der Waals surface area contributed by atoms with Gasteiger partial charge in [-0.25, -0.2) is 0 Å². The molecular formula is C17H20N4O3. The number of carbonyl (C=O) groups excluding carboxylic acids is 1. The van der Waals surface area contributed by atoms with Crippen molar-refractivity contribution in [2.75, 3.05) is 26.3 Å². The Labute approximate surface area is 139 Å². The van der Waals surface area contributed by atoms with Gasteiger partial charge in [-0.2, -0.15) is 0 Å². The van der Waals surface area contributed by atoms with Crippen molar-refractivity contribution in [3.8, 4) is 0 Å². The first-order valence-corrected chi connectivity index (χ1v) is 8.29. The summed E-state index contributed by atoms with van der Waals surface area (Å²) in [5.41, 5.74) is 0.832.